The van der Waals surface area contributed by atoms with Gasteiger partial charge in [0.25, 0.3) is 0 Å². The number of pyridine rings is 1. The first kappa shape index (κ1) is 10.9. The van der Waals surface area contributed by atoms with Crippen LogP contribution in [-0.2, 0) is 16.7 Å². The molecule has 26 heavy (non-hydrogen) atoms. The third kappa shape index (κ3) is 3.73. The van der Waals surface area contributed by atoms with Crippen LogP contribution in [0.25, 0.3) is 0 Å². The molecular weight excluding hydrogens is 340 g/mol. The molecule has 1 aliphatic carbocycles. The van der Waals surface area contributed by atoms with Crippen LogP contribution >= 0.6 is 11.3 Å². The van der Waals surface area contributed by atoms with Crippen molar-refractivity contribution in [3.63, 3.8) is 0 Å². The minimum atomic E-state index is -2.20. The van der Waals surface area contributed by atoms with Crippen molar-refractivity contribution in [2.75, 3.05) is 13.1 Å². The van der Waals surface area contributed by atoms with Crippen LogP contribution < -0.4 is 5.32 Å². The summed E-state index contributed by atoms with van der Waals surface area (Å²) in [5, 5.41) is 4.94. The minimum absolute atomic E-state index is 0.0781. The summed E-state index contributed by atoms with van der Waals surface area (Å²) in [6.07, 6.45) is -3.59. The zero-order valence-corrected chi connectivity index (χ0v) is 15.8. The first-order chi connectivity index (χ1) is 15.6. The number of ether oxygens (including phenoxy) is 1. The number of nitrogens with zero attached hydrogens (tertiary/aromatic N) is 1. The van der Waals surface area contributed by atoms with E-state index in [9.17, 15) is 0 Å². The number of aryl methyl sites for hydroxylation is 1. The quantitative estimate of drug-likeness (QED) is 0.769. The molecule has 1 saturated carbocycles. The molecule has 1 aliphatic heterocycles. The van der Waals surface area contributed by atoms with Gasteiger partial charge >= 0.3 is 0 Å². The van der Waals surface area contributed by atoms with Crippen LogP contribution in [0.5, 0.6) is 0 Å². The summed E-state index contributed by atoms with van der Waals surface area (Å²) < 4.78 is 73.5. The number of nitrogens with one attached hydrogen (secondary N) is 1. The number of rotatable bonds is 6. The van der Waals surface area contributed by atoms with Crippen molar-refractivity contribution >= 4 is 11.3 Å². The van der Waals surface area contributed by atoms with Crippen LogP contribution in [0.2, 0.25) is 0 Å². The van der Waals surface area contributed by atoms with E-state index in [4.69, 9.17) is 15.7 Å². The van der Waals surface area contributed by atoms with E-state index in [1.807, 2.05) is 18.4 Å². The van der Waals surface area contributed by atoms with Crippen molar-refractivity contribution < 1.29 is 15.7 Å². The molecule has 2 aromatic rings. The Labute approximate surface area is 172 Å². The molecule has 1 spiro atoms. The zero-order valence-electron chi connectivity index (χ0n) is 23.0. The molecule has 1 N–H and O–H groups in total. The molecule has 0 unspecified atom stereocenters. The standard InChI is InChI=1S/C22H30N2OS/c1-18-7-15-26-19(18)16-23-13-10-21(20-6-2-5-12-24-20)11-14-25-22(17-21)8-3-4-9-22/h2,5-7,12,15,23H,3-4,8-11,13-14,16-17H2,1H3/t21-/m1/s1/i3D2,4D2,13D2,14D2. The van der Waals surface area contributed by atoms with Gasteiger partial charge in [-0.3, -0.25) is 4.98 Å². The summed E-state index contributed by atoms with van der Waals surface area (Å²) in [7, 11) is 0. The van der Waals surface area contributed by atoms with Gasteiger partial charge in [0.2, 0.25) is 0 Å². The normalized spacial score (nSPS) is 35.9. The van der Waals surface area contributed by atoms with Crippen molar-refractivity contribution in [2.24, 2.45) is 0 Å². The molecule has 140 valence electrons. The number of hydrogen-bond acceptors (Lipinski definition) is 4. The van der Waals surface area contributed by atoms with E-state index in [0.717, 1.165) is 10.4 Å². The molecule has 0 aromatic carbocycles. The Morgan fingerprint density at radius 3 is 2.92 bits per heavy atom. The van der Waals surface area contributed by atoms with E-state index in [1.54, 1.807) is 35.7 Å². The Morgan fingerprint density at radius 2 is 2.19 bits per heavy atom. The lowest BCUT2D eigenvalue weighted by molar-refractivity contribution is -0.104. The second-order valence-electron chi connectivity index (χ2n) is 7.22. The fraction of sp³-hybridized carbons (Fsp3) is 0.591. The van der Waals surface area contributed by atoms with Crippen molar-refractivity contribution in [3.8, 4) is 0 Å². The molecule has 2 aliphatic rings. The van der Waals surface area contributed by atoms with E-state index < -0.39 is 36.8 Å². The third-order valence-corrected chi connectivity index (χ3v) is 6.31. The van der Waals surface area contributed by atoms with Gasteiger partial charge < -0.3 is 10.1 Å². The van der Waals surface area contributed by atoms with Crippen LogP contribution in [0, 0.1) is 6.92 Å². The van der Waals surface area contributed by atoms with Gasteiger partial charge in [0, 0.05) is 43.5 Å². The second-order valence-corrected chi connectivity index (χ2v) is 8.22. The first-order valence-corrected chi connectivity index (χ1v) is 9.86. The van der Waals surface area contributed by atoms with Crippen molar-refractivity contribution in [1.29, 1.82) is 0 Å². The molecule has 3 heterocycles. The van der Waals surface area contributed by atoms with Crippen LogP contribution in [0.3, 0.4) is 0 Å². The summed E-state index contributed by atoms with van der Waals surface area (Å²) in [5.74, 6) is 0. The molecule has 4 rings (SSSR count). The lowest BCUT2D eigenvalue weighted by Gasteiger charge is -2.46. The van der Waals surface area contributed by atoms with Gasteiger partial charge in [-0.25, -0.2) is 0 Å². The lowest BCUT2D eigenvalue weighted by atomic mass is 9.68. The van der Waals surface area contributed by atoms with Crippen molar-refractivity contribution in [2.45, 2.75) is 69.3 Å². The molecule has 1 saturated heterocycles. The Bertz CT molecular complexity index is 1010. The van der Waals surface area contributed by atoms with Crippen molar-refractivity contribution in [1.82, 2.24) is 10.3 Å². The molecule has 2 fully saturated rings. The highest BCUT2D eigenvalue weighted by Crippen LogP contribution is 2.49. The van der Waals surface area contributed by atoms with Gasteiger partial charge in [0.1, 0.15) is 0 Å². The largest absolute Gasteiger partial charge is 0.375 e. The Morgan fingerprint density at radius 1 is 1.31 bits per heavy atom. The molecule has 2 aromatic heterocycles. The lowest BCUT2D eigenvalue weighted by Crippen LogP contribution is -2.47. The third-order valence-electron chi connectivity index (χ3n) is 5.28. The molecular formula is C22H30N2OS. The average molecular weight is 379 g/mol. The molecule has 3 nitrogen and oxygen atoms in total. The molecule has 0 bridgehead atoms. The SMILES string of the molecule is [2H]C([2H])(C[C@@]1(c2ccccn2)CC([2H])([2H])OC2(CC([2H])([2H])C([2H])([2H])C2)C1)NCc1sccc1C. The fourth-order valence-corrected chi connectivity index (χ4v) is 4.63. The predicted molar refractivity (Wildman–Crippen MR) is 108 cm³/mol. The van der Waals surface area contributed by atoms with Gasteiger partial charge in [0.05, 0.1) is 8.34 Å². The van der Waals surface area contributed by atoms with Gasteiger partial charge in [-0.1, -0.05) is 18.8 Å². The second kappa shape index (κ2) is 7.79. The Kier molecular flexibility index (Phi) is 3.28. The van der Waals surface area contributed by atoms with Gasteiger partial charge in [-0.15, -0.1) is 11.3 Å². The summed E-state index contributed by atoms with van der Waals surface area (Å²) in [6, 6.07) is 7.23. The molecule has 0 radical (unpaired) electrons. The number of thiophene rings is 1. The zero-order chi connectivity index (χ0) is 25.0. The maximum absolute atomic E-state index is 8.78. The van der Waals surface area contributed by atoms with E-state index in [1.165, 1.54) is 0 Å². The molecule has 0 amide bonds. The highest BCUT2D eigenvalue weighted by Gasteiger charge is 2.48. The van der Waals surface area contributed by atoms with E-state index >= 15 is 0 Å². The summed E-state index contributed by atoms with van der Waals surface area (Å²) in [4.78, 5) is 5.49. The monoisotopic (exact) mass is 378 g/mol. The number of aromatic nitrogens is 1. The van der Waals surface area contributed by atoms with Crippen LogP contribution in [-0.4, -0.2) is 23.6 Å². The minimum Gasteiger partial charge on any atom is -0.375 e. The maximum atomic E-state index is 8.78. The van der Waals surface area contributed by atoms with Gasteiger partial charge in [-0.05, 0) is 74.7 Å². The van der Waals surface area contributed by atoms with Crippen LogP contribution in [0.4, 0.5) is 0 Å². The number of hydrogen-bond donors (Lipinski definition) is 1. The summed E-state index contributed by atoms with van der Waals surface area (Å²) in [6.45, 7) is -1.79. The average Bonchev–Trinajstić information content (AvgIpc) is 3.15. The van der Waals surface area contributed by atoms with E-state index in [0.29, 0.717) is 12.2 Å². The Hall–Kier alpha value is -1.23. The fourth-order valence-electron chi connectivity index (χ4n) is 3.78. The van der Waals surface area contributed by atoms with Gasteiger partial charge in [0.15, 0.2) is 0 Å². The maximum Gasteiger partial charge on any atom is 0.0691 e. The Balaban J connectivity index is 1.71. The molecule has 1 atom stereocenters. The van der Waals surface area contributed by atoms with E-state index in [-0.39, 0.29) is 32.1 Å². The first-order valence-electron chi connectivity index (χ1n) is 13.0. The highest BCUT2D eigenvalue weighted by molar-refractivity contribution is 7.10. The highest BCUT2D eigenvalue weighted by atomic mass is 32.1. The van der Waals surface area contributed by atoms with E-state index in [2.05, 4.69) is 10.3 Å². The van der Waals surface area contributed by atoms with Crippen molar-refractivity contribution in [3.05, 3.63) is 52.0 Å². The van der Waals surface area contributed by atoms with Gasteiger partial charge in [-0.2, -0.15) is 0 Å². The molecule has 4 heteroatoms. The summed E-state index contributed by atoms with van der Waals surface area (Å²) >= 11 is 1.54. The topological polar surface area (TPSA) is 34.1 Å². The van der Waals surface area contributed by atoms with Crippen LogP contribution in [0.1, 0.15) is 72.0 Å². The van der Waals surface area contributed by atoms with Crippen LogP contribution in [0.15, 0.2) is 35.8 Å². The smallest absolute Gasteiger partial charge is 0.0691 e. The predicted octanol–water partition coefficient (Wildman–Crippen LogP) is 4.99. The summed E-state index contributed by atoms with van der Waals surface area (Å²) in [5.41, 5.74) is -0.954.